The summed E-state index contributed by atoms with van der Waals surface area (Å²) in [6.07, 6.45) is 0. The summed E-state index contributed by atoms with van der Waals surface area (Å²) in [6.45, 7) is 1.70. The van der Waals surface area contributed by atoms with Crippen LogP contribution in [0.5, 0.6) is 5.75 Å². The summed E-state index contributed by atoms with van der Waals surface area (Å²) in [5.41, 5.74) is 0.518. The third-order valence-electron chi connectivity index (χ3n) is 3.50. The monoisotopic (exact) mass is 373 g/mol. The molecule has 0 atom stereocenters. The van der Waals surface area contributed by atoms with E-state index < -0.39 is 23.4 Å². The Morgan fingerprint density at radius 1 is 1.15 bits per heavy atom. The lowest BCUT2D eigenvalue weighted by Gasteiger charge is -2.12. The minimum absolute atomic E-state index is 0.0331. The van der Waals surface area contributed by atoms with E-state index in [1.54, 1.807) is 31.3 Å². The number of non-ortho nitro benzene ring substituents is 1. The van der Waals surface area contributed by atoms with Crippen molar-refractivity contribution in [1.82, 2.24) is 0 Å². The van der Waals surface area contributed by atoms with Crippen molar-refractivity contribution in [2.24, 2.45) is 0 Å². The second kappa shape index (κ2) is 9.18. The summed E-state index contributed by atoms with van der Waals surface area (Å²) in [5, 5.41) is 16.2. The molecule has 0 aliphatic rings. The fourth-order valence-corrected chi connectivity index (χ4v) is 2.28. The van der Waals surface area contributed by atoms with Crippen LogP contribution in [0.3, 0.4) is 0 Å². The molecule has 0 heterocycles. The average molecular weight is 373 g/mol. The van der Waals surface area contributed by atoms with Gasteiger partial charge in [-0.05, 0) is 25.1 Å². The van der Waals surface area contributed by atoms with Gasteiger partial charge in [0, 0.05) is 24.9 Å². The Morgan fingerprint density at radius 2 is 1.89 bits per heavy atom. The minimum Gasteiger partial charge on any atom is -0.492 e. The first-order chi connectivity index (χ1) is 13.0. The summed E-state index contributed by atoms with van der Waals surface area (Å²) < 4.78 is 10.4. The molecule has 0 spiro atoms. The number of carbonyl (C=O) groups excluding carboxylic acids is 2. The Kier molecular flexibility index (Phi) is 6.70. The maximum Gasteiger partial charge on any atom is 0.341 e. The highest BCUT2D eigenvalue weighted by atomic mass is 16.6. The Morgan fingerprint density at radius 3 is 2.56 bits per heavy atom. The van der Waals surface area contributed by atoms with Crippen LogP contribution >= 0.6 is 0 Å². The van der Waals surface area contributed by atoms with Gasteiger partial charge in [-0.2, -0.15) is 0 Å². The molecular weight excluding hydrogens is 354 g/mol. The van der Waals surface area contributed by atoms with Gasteiger partial charge in [0.1, 0.15) is 5.75 Å². The lowest BCUT2D eigenvalue weighted by molar-refractivity contribution is -0.384. The summed E-state index contributed by atoms with van der Waals surface area (Å²) >= 11 is 0. The van der Waals surface area contributed by atoms with Crippen LogP contribution in [0.15, 0.2) is 42.5 Å². The molecule has 142 valence electrons. The molecule has 2 N–H and O–H groups in total. The topological polar surface area (TPSA) is 120 Å². The lowest BCUT2D eigenvalue weighted by atomic mass is 10.1. The van der Waals surface area contributed by atoms with Crippen molar-refractivity contribution < 1.29 is 24.0 Å². The number of ether oxygens (including phenoxy) is 2. The molecule has 0 aromatic heterocycles. The van der Waals surface area contributed by atoms with E-state index in [1.165, 1.54) is 12.1 Å². The number of nitro groups is 1. The van der Waals surface area contributed by atoms with Gasteiger partial charge in [-0.15, -0.1) is 0 Å². The van der Waals surface area contributed by atoms with Gasteiger partial charge < -0.3 is 20.1 Å². The van der Waals surface area contributed by atoms with Gasteiger partial charge in [0.05, 0.1) is 22.8 Å². The Bertz CT molecular complexity index is 853. The average Bonchev–Trinajstić information content (AvgIpc) is 2.67. The van der Waals surface area contributed by atoms with Gasteiger partial charge in [-0.1, -0.05) is 12.1 Å². The zero-order chi connectivity index (χ0) is 19.8. The Labute approximate surface area is 155 Å². The van der Waals surface area contributed by atoms with Crippen molar-refractivity contribution in [3.05, 3.63) is 58.1 Å². The maximum atomic E-state index is 12.2. The molecule has 0 saturated heterocycles. The number of para-hydroxylation sites is 2. The zero-order valence-corrected chi connectivity index (χ0v) is 14.9. The van der Waals surface area contributed by atoms with Gasteiger partial charge in [0.25, 0.3) is 11.6 Å². The first-order valence-corrected chi connectivity index (χ1v) is 8.11. The number of rotatable bonds is 8. The number of esters is 1. The van der Waals surface area contributed by atoms with E-state index in [4.69, 9.17) is 9.47 Å². The number of amides is 1. The van der Waals surface area contributed by atoms with Gasteiger partial charge in [-0.25, -0.2) is 4.79 Å². The predicted octanol–water partition coefficient (Wildman–Crippen LogP) is 2.83. The third kappa shape index (κ3) is 5.18. The van der Waals surface area contributed by atoms with Gasteiger partial charge in [-0.3, -0.25) is 14.9 Å². The van der Waals surface area contributed by atoms with Gasteiger partial charge >= 0.3 is 5.97 Å². The first kappa shape index (κ1) is 19.7. The van der Waals surface area contributed by atoms with E-state index in [9.17, 15) is 19.7 Å². The quantitative estimate of drug-likeness (QED) is 0.415. The van der Waals surface area contributed by atoms with Crippen molar-refractivity contribution in [1.29, 1.82) is 0 Å². The summed E-state index contributed by atoms with van der Waals surface area (Å²) in [5.74, 6) is -0.918. The van der Waals surface area contributed by atoms with Crippen molar-refractivity contribution in [3.63, 3.8) is 0 Å². The number of hydrogen-bond acceptors (Lipinski definition) is 7. The fourth-order valence-electron chi connectivity index (χ4n) is 2.28. The van der Waals surface area contributed by atoms with E-state index in [0.717, 1.165) is 6.07 Å². The molecule has 2 rings (SSSR count). The summed E-state index contributed by atoms with van der Waals surface area (Å²) in [7, 11) is 1.56. The van der Waals surface area contributed by atoms with Crippen molar-refractivity contribution in [3.8, 4) is 5.75 Å². The molecule has 2 aromatic carbocycles. The highest BCUT2D eigenvalue weighted by molar-refractivity contribution is 5.99. The van der Waals surface area contributed by atoms with Gasteiger partial charge in [0.15, 0.2) is 6.61 Å². The van der Waals surface area contributed by atoms with Crippen LogP contribution in [0.1, 0.15) is 17.3 Å². The molecule has 0 unspecified atom stereocenters. The third-order valence-corrected chi connectivity index (χ3v) is 3.50. The van der Waals surface area contributed by atoms with Gasteiger partial charge in [0.2, 0.25) is 0 Å². The van der Waals surface area contributed by atoms with Crippen LogP contribution in [0.4, 0.5) is 17.1 Å². The highest BCUT2D eigenvalue weighted by Gasteiger charge is 2.19. The molecule has 0 bridgehead atoms. The largest absolute Gasteiger partial charge is 0.492 e. The van der Waals surface area contributed by atoms with Crippen LogP contribution < -0.4 is 15.4 Å². The highest BCUT2D eigenvalue weighted by Crippen LogP contribution is 2.24. The molecule has 27 heavy (non-hydrogen) atoms. The van der Waals surface area contributed by atoms with Crippen LogP contribution in [0.25, 0.3) is 0 Å². The Hall–Kier alpha value is -3.62. The van der Waals surface area contributed by atoms with E-state index in [-0.39, 0.29) is 11.3 Å². The molecule has 0 aliphatic heterocycles. The summed E-state index contributed by atoms with van der Waals surface area (Å²) in [6, 6.07) is 10.6. The number of nitrogens with one attached hydrogen (secondary N) is 2. The van der Waals surface area contributed by atoms with E-state index >= 15 is 0 Å². The zero-order valence-electron chi connectivity index (χ0n) is 14.9. The molecule has 9 nitrogen and oxygen atoms in total. The smallest absolute Gasteiger partial charge is 0.341 e. The second-order valence-electron chi connectivity index (χ2n) is 5.29. The first-order valence-electron chi connectivity index (χ1n) is 8.11. The SMILES string of the molecule is CCOc1ccccc1NC(=O)COC(=O)c1cc([N+](=O)[O-])ccc1NC. The molecule has 0 aliphatic carbocycles. The van der Waals surface area contributed by atoms with Crippen LogP contribution in [-0.4, -0.2) is 37.1 Å². The van der Waals surface area contributed by atoms with Crippen molar-refractivity contribution in [2.75, 3.05) is 30.9 Å². The molecular formula is C18H19N3O6. The maximum absolute atomic E-state index is 12.2. The second-order valence-corrected chi connectivity index (χ2v) is 5.29. The van der Waals surface area contributed by atoms with Crippen molar-refractivity contribution >= 4 is 28.9 Å². The minimum atomic E-state index is -0.851. The molecule has 0 radical (unpaired) electrons. The van der Waals surface area contributed by atoms with Crippen molar-refractivity contribution in [2.45, 2.75) is 6.92 Å². The molecule has 0 saturated carbocycles. The standard InChI is InChI=1S/C18H19N3O6/c1-3-26-16-7-5-4-6-15(16)20-17(22)11-27-18(23)13-10-12(21(24)25)8-9-14(13)19-2/h4-10,19H,3,11H2,1-2H3,(H,20,22). The molecule has 1 amide bonds. The molecule has 0 fully saturated rings. The number of nitrogens with zero attached hydrogens (tertiary/aromatic N) is 1. The number of hydrogen-bond donors (Lipinski definition) is 2. The van der Waals surface area contributed by atoms with E-state index in [0.29, 0.717) is 23.7 Å². The molecule has 2 aromatic rings. The number of benzene rings is 2. The number of anilines is 2. The summed E-state index contributed by atoms with van der Waals surface area (Å²) in [4.78, 5) is 34.6. The number of carbonyl (C=O) groups is 2. The van der Waals surface area contributed by atoms with Crippen LogP contribution in [0, 0.1) is 10.1 Å². The van der Waals surface area contributed by atoms with E-state index in [2.05, 4.69) is 10.6 Å². The fraction of sp³-hybridized carbons (Fsp3) is 0.222. The van der Waals surface area contributed by atoms with E-state index in [1.807, 2.05) is 6.92 Å². The predicted molar refractivity (Wildman–Crippen MR) is 99.2 cm³/mol. The lowest BCUT2D eigenvalue weighted by Crippen LogP contribution is -2.21. The molecule has 9 heteroatoms. The Balaban J connectivity index is 2.04. The van der Waals surface area contributed by atoms with Crippen LogP contribution in [-0.2, 0) is 9.53 Å². The number of nitro benzene ring substituents is 1. The normalized spacial score (nSPS) is 10.0. The van der Waals surface area contributed by atoms with Crippen LogP contribution in [0.2, 0.25) is 0 Å².